The van der Waals surface area contributed by atoms with Crippen molar-refractivity contribution < 1.29 is 14.3 Å². The highest BCUT2D eigenvalue weighted by Crippen LogP contribution is 2.43. The zero-order valence-corrected chi connectivity index (χ0v) is 22.5. The maximum absolute atomic E-state index is 13.3. The highest BCUT2D eigenvalue weighted by atomic mass is 16.5. The first kappa shape index (κ1) is 26.9. The molecule has 0 aliphatic carbocycles. The molecule has 1 amide bonds. The molecule has 7 nitrogen and oxygen atoms in total. The molecule has 1 fully saturated rings. The summed E-state index contributed by atoms with van der Waals surface area (Å²) in [6, 6.07) is 12.2. The number of amidine groups is 1. The van der Waals surface area contributed by atoms with Crippen LogP contribution in [0.5, 0.6) is 0 Å². The molecule has 0 spiro atoms. The number of nitrogens with two attached hydrogens (primary N) is 1. The van der Waals surface area contributed by atoms with E-state index in [1.165, 1.54) is 13.5 Å². The molecule has 37 heavy (non-hydrogen) atoms. The van der Waals surface area contributed by atoms with Gasteiger partial charge in [-0.25, -0.2) is 4.79 Å². The first-order chi connectivity index (χ1) is 17.7. The van der Waals surface area contributed by atoms with Gasteiger partial charge in [-0.1, -0.05) is 44.4 Å². The van der Waals surface area contributed by atoms with E-state index in [1.54, 1.807) is 12.1 Å². The lowest BCUT2D eigenvalue weighted by atomic mass is 9.80. The van der Waals surface area contributed by atoms with Gasteiger partial charge < -0.3 is 15.8 Å². The number of carbonyl (C=O) groups is 2. The summed E-state index contributed by atoms with van der Waals surface area (Å²) in [5.41, 5.74) is 10.5. The average molecular weight is 505 g/mol. The number of likely N-dealkylation sites (tertiary alicyclic amines) is 1. The minimum atomic E-state index is -0.405. The second kappa shape index (κ2) is 11.5. The second-order valence-electron chi connectivity index (χ2n) is 10.6. The molecule has 4 atom stereocenters. The van der Waals surface area contributed by atoms with Crippen molar-refractivity contribution in [3.05, 3.63) is 64.2 Å². The predicted molar refractivity (Wildman–Crippen MR) is 147 cm³/mol. The highest BCUT2D eigenvalue weighted by molar-refractivity contribution is 6.02. The number of piperidine rings is 1. The van der Waals surface area contributed by atoms with Gasteiger partial charge in [-0.2, -0.15) is 0 Å². The smallest absolute Gasteiger partial charge is 0.337 e. The van der Waals surface area contributed by atoms with Crippen LogP contribution >= 0.6 is 0 Å². The first-order valence-electron chi connectivity index (χ1n) is 13.5. The number of amides is 1. The highest BCUT2D eigenvalue weighted by Gasteiger charge is 2.37. The van der Waals surface area contributed by atoms with Crippen LogP contribution in [-0.4, -0.2) is 41.8 Å². The number of nitrogens with one attached hydrogen (secondary N) is 2. The van der Waals surface area contributed by atoms with Gasteiger partial charge in [-0.15, -0.1) is 0 Å². The van der Waals surface area contributed by atoms with Crippen molar-refractivity contribution in [3.8, 4) is 0 Å². The van der Waals surface area contributed by atoms with Gasteiger partial charge in [0.25, 0.3) is 0 Å². The van der Waals surface area contributed by atoms with Gasteiger partial charge >= 0.3 is 5.97 Å². The Labute approximate surface area is 220 Å². The topological polar surface area (TPSA) is 109 Å². The van der Waals surface area contributed by atoms with Crippen LogP contribution in [0.2, 0.25) is 0 Å². The minimum Gasteiger partial charge on any atom is -0.465 e. The van der Waals surface area contributed by atoms with E-state index in [-0.39, 0.29) is 17.8 Å². The van der Waals surface area contributed by atoms with Crippen LogP contribution in [0.3, 0.4) is 0 Å². The molecule has 4 unspecified atom stereocenters. The SMILES string of the molecule is CCCCC(c1cc(C(=O)OC)cc2c1CC(c1cccc(C(=N)N)c1)C(=O)N2)N1C(C)CCCC1C. The first-order valence-corrected chi connectivity index (χ1v) is 13.5. The van der Waals surface area contributed by atoms with Crippen LogP contribution in [0, 0.1) is 5.41 Å². The standard InChI is InChI=1S/C30H40N4O3/c1-5-6-13-27(34-18(2)9-7-10-19(34)3)25-15-22(30(36)37-4)16-26-24(25)17-23(29(35)33-26)20-11-8-12-21(14-20)28(31)32/h8,11-12,14-16,18-19,23,27H,5-7,9-10,13,17H2,1-4H3,(H3,31,32)(H,33,35). The van der Waals surface area contributed by atoms with Gasteiger partial charge in [0.1, 0.15) is 5.84 Å². The minimum absolute atomic E-state index is 0.0189. The van der Waals surface area contributed by atoms with Crippen LogP contribution in [0.15, 0.2) is 36.4 Å². The Morgan fingerprint density at radius 2 is 1.92 bits per heavy atom. The van der Waals surface area contributed by atoms with Crippen LogP contribution < -0.4 is 11.1 Å². The van der Waals surface area contributed by atoms with Crippen molar-refractivity contribution >= 4 is 23.4 Å². The van der Waals surface area contributed by atoms with E-state index in [4.69, 9.17) is 15.9 Å². The third-order valence-electron chi connectivity index (χ3n) is 8.10. The fraction of sp³-hybridized carbons (Fsp3) is 0.500. The Kier molecular flexibility index (Phi) is 8.32. The zero-order chi connectivity index (χ0) is 26.7. The number of nitrogens with zero attached hydrogens (tertiary/aromatic N) is 1. The molecule has 7 heteroatoms. The normalized spacial score (nSPS) is 22.6. The number of unbranched alkanes of at least 4 members (excludes halogenated alkanes) is 1. The Balaban J connectivity index is 1.84. The monoisotopic (exact) mass is 504 g/mol. The number of hydrogen-bond acceptors (Lipinski definition) is 5. The van der Waals surface area contributed by atoms with Crippen molar-refractivity contribution in [2.45, 2.75) is 89.8 Å². The van der Waals surface area contributed by atoms with Crippen LogP contribution in [0.25, 0.3) is 0 Å². The van der Waals surface area contributed by atoms with E-state index >= 15 is 0 Å². The lowest BCUT2D eigenvalue weighted by molar-refractivity contribution is -0.117. The Bertz CT molecular complexity index is 1170. The Hall–Kier alpha value is -3.19. The predicted octanol–water partition coefficient (Wildman–Crippen LogP) is 5.53. The zero-order valence-electron chi connectivity index (χ0n) is 22.5. The molecule has 0 bridgehead atoms. The molecule has 4 N–H and O–H groups in total. The van der Waals surface area contributed by atoms with E-state index in [9.17, 15) is 9.59 Å². The van der Waals surface area contributed by atoms with Gasteiger partial charge in [-0.05, 0) is 74.4 Å². The summed E-state index contributed by atoms with van der Waals surface area (Å²) in [7, 11) is 1.39. The van der Waals surface area contributed by atoms with E-state index in [2.05, 4.69) is 31.0 Å². The molecule has 198 valence electrons. The number of ether oxygens (including phenoxy) is 1. The van der Waals surface area contributed by atoms with E-state index in [1.807, 2.05) is 24.3 Å². The van der Waals surface area contributed by atoms with Gasteiger partial charge in [0.2, 0.25) is 5.91 Å². The summed E-state index contributed by atoms with van der Waals surface area (Å²) >= 11 is 0. The van der Waals surface area contributed by atoms with Gasteiger partial charge in [-0.3, -0.25) is 15.1 Å². The second-order valence-corrected chi connectivity index (χ2v) is 10.6. The van der Waals surface area contributed by atoms with Crippen LogP contribution in [-0.2, 0) is 16.0 Å². The van der Waals surface area contributed by atoms with Crippen molar-refractivity contribution in [1.29, 1.82) is 5.41 Å². The molecular formula is C30H40N4O3. The van der Waals surface area contributed by atoms with Crippen molar-refractivity contribution in [2.75, 3.05) is 12.4 Å². The number of nitrogen functional groups attached to an aromatic ring is 1. The molecule has 2 aliphatic heterocycles. The lowest BCUT2D eigenvalue weighted by Gasteiger charge is -2.45. The van der Waals surface area contributed by atoms with Crippen molar-refractivity contribution in [1.82, 2.24) is 4.90 Å². The number of methoxy groups -OCH3 is 1. The van der Waals surface area contributed by atoms with Crippen LogP contribution in [0.1, 0.15) is 104 Å². The number of esters is 1. The molecule has 0 aromatic heterocycles. The number of hydrogen-bond donors (Lipinski definition) is 3. The number of rotatable bonds is 8. The molecule has 2 heterocycles. The summed E-state index contributed by atoms with van der Waals surface area (Å²) in [6.45, 7) is 6.82. The molecule has 4 rings (SSSR count). The molecule has 2 aromatic rings. The maximum atomic E-state index is 13.3. The van der Waals surface area contributed by atoms with Crippen molar-refractivity contribution in [3.63, 3.8) is 0 Å². The summed E-state index contributed by atoms with van der Waals surface area (Å²) in [4.78, 5) is 28.6. The Morgan fingerprint density at radius 1 is 1.19 bits per heavy atom. The maximum Gasteiger partial charge on any atom is 0.337 e. The number of fused-ring (bicyclic) bond motifs is 1. The quantitative estimate of drug-likeness (QED) is 0.249. The number of anilines is 1. The molecule has 1 saturated heterocycles. The molecular weight excluding hydrogens is 464 g/mol. The largest absolute Gasteiger partial charge is 0.465 e. The molecule has 2 aliphatic rings. The van der Waals surface area contributed by atoms with Gasteiger partial charge in [0, 0.05) is 29.4 Å². The Morgan fingerprint density at radius 3 is 2.57 bits per heavy atom. The van der Waals surface area contributed by atoms with E-state index in [0.717, 1.165) is 48.8 Å². The number of benzene rings is 2. The average Bonchev–Trinajstić information content (AvgIpc) is 2.88. The molecule has 0 radical (unpaired) electrons. The van der Waals surface area contributed by atoms with Crippen LogP contribution in [0.4, 0.5) is 5.69 Å². The van der Waals surface area contributed by atoms with E-state index < -0.39 is 11.9 Å². The summed E-state index contributed by atoms with van der Waals surface area (Å²) < 4.78 is 5.09. The lowest BCUT2D eigenvalue weighted by Crippen LogP contribution is -2.46. The van der Waals surface area contributed by atoms with Gasteiger partial charge in [0.05, 0.1) is 18.6 Å². The summed E-state index contributed by atoms with van der Waals surface area (Å²) in [5, 5.41) is 10.9. The van der Waals surface area contributed by atoms with E-state index in [0.29, 0.717) is 35.3 Å². The summed E-state index contributed by atoms with van der Waals surface area (Å²) in [6.07, 6.45) is 7.22. The fourth-order valence-electron chi connectivity index (χ4n) is 6.19. The number of carbonyl (C=O) groups excluding carboxylic acids is 2. The fourth-order valence-corrected chi connectivity index (χ4v) is 6.19. The molecule has 2 aromatic carbocycles. The third-order valence-corrected chi connectivity index (χ3v) is 8.10. The summed E-state index contributed by atoms with van der Waals surface area (Å²) in [5.74, 6) is -0.943. The third kappa shape index (κ3) is 5.57. The van der Waals surface area contributed by atoms with Gasteiger partial charge in [0.15, 0.2) is 0 Å². The van der Waals surface area contributed by atoms with Crippen molar-refractivity contribution in [2.24, 2.45) is 5.73 Å². The molecule has 0 saturated carbocycles.